The molecule has 0 radical (unpaired) electrons. The number of carbonyl (C=O) groups is 1. The average molecular weight is 354 g/mol. The van der Waals surface area contributed by atoms with Gasteiger partial charge in [0.25, 0.3) is 0 Å². The Morgan fingerprint density at radius 3 is 1.84 bits per heavy atom. The van der Waals surface area contributed by atoms with Gasteiger partial charge in [0.2, 0.25) is 0 Å². The largest absolute Gasteiger partial charge is 0.464 e. The van der Waals surface area contributed by atoms with Gasteiger partial charge in [0, 0.05) is 12.0 Å². The molecule has 0 fully saturated rings. The molecule has 0 aromatic carbocycles. The van der Waals surface area contributed by atoms with E-state index in [0.29, 0.717) is 13.0 Å². The molecule has 0 aliphatic rings. The van der Waals surface area contributed by atoms with Crippen LogP contribution < -0.4 is 5.73 Å². The molecule has 0 amide bonds. The highest BCUT2D eigenvalue weighted by Crippen LogP contribution is 2.10. The Hall–Kier alpha value is -0.830. The second-order valence-electron chi connectivity index (χ2n) is 7.98. The van der Waals surface area contributed by atoms with Crippen LogP contribution in [0.5, 0.6) is 0 Å². The molecule has 0 spiro atoms. The highest BCUT2D eigenvalue weighted by atomic mass is 16.5. The van der Waals surface area contributed by atoms with Gasteiger partial charge in [0.05, 0.1) is 0 Å². The number of hydrogen-bond donors (Lipinski definition) is 1. The molecule has 0 atom stereocenters. The summed E-state index contributed by atoms with van der Waals surface area (Å²) in [5.41, 5.74) is 5.35. The number of rotatable bonds is 17. The Balaban J connectivity index is 3.25. The summed E-state index contributed by atoms with van der Waals surface area (Å²) in [7, 11) is 0. The van der Waals surface area contributed by atoms with E-state index >= 15 is 0 Å². The van der Waals surface area contributed by atoms with Gasteiger partial charge in [-0.3, -0.25) is 4.79 Å². The first-order valence-corrected chi connectivity index (χ1v) is 10.5. The Morgan fingerprint density at radius 1 is 0.840 bits per heavy atom. The lowest BCUT2D eigenvalue weighted by Crippen LogP contribution is -2.38. The summed E-state index contributed by atoms with van der Waals surface area (Å²) < 4.78 is 5.15. The van der Waals surface area contributed by atoms with Gasteiger partial charge in [0.1, 0.15) is 6.61 Å². The van der Waals surface area contributed by atoms with E-state index in [1.54, 1.807) is 0 Å². The van der Waals surface area contributed by atoms with E-state index in [4.69, 9.17) is 10.5 Å². The fourth-order valence-corrected chi connectivity index (χ4v) is 2.68. The molecule has 0 bridgehead atoms. The number of ether oxygens (including phenoxy) is 1. The predicted molar refractivity (Wildman–Crippen MR) is 109 cm³/mol. The Morgan fingerprint density at radius 2 is 1.32 bits per heavy atom. The normalized spacial score (nSPS) is 12.0. The minimum atomic E-state index is -0.432. The van der Waals surface area contributed by atoms with Gasteiger partial charge in [-0.25, -0.2) is 0 Å². The molecule has 2 N–H and O–H groups in total. The van der Waals surface area contributed by atoms with Crippen LogP contribution in [0.1, 0.15) is 111 Å². The number of nitrogens with two attached hydrogens (primary N) is 1. The Labute approximate surface area is 156 Å². The Kier molecular flexibility index (Phi) is 16.1. The smallest absolute Gasteiger partial charge is 0.305 e. The maximum Gasteiger partial charge on any atom is 0.305 e. The van der Waals surface area contributed by atoms with Crippen molar-refractivity contribution in [3.63, 3.8) is 0 Å². The van der Waals surface area contributed by atoms with E-state index < -0.39 is 5.54 Å². The molecule has 3 nitrogen and oxygen atoms in total. The maximum atomic E-state index is 11.5. The van der Waals surface area contributed by atoms with Crippen LogP contribution in [0.3, 0.4) is 0 Å². The van der Waals surface area contributed by atoms with Gasteiger partial charge in [0.15, 0.2) is 0 Å². The lowest BCUT2D eigenvalue weighted by molar-refractivity contribution is -0.145. The molecule has 0 heterocycles. The fraction of sp³-hybridized carbons (Fsp3) is 0.864. The van der Waals surface area contributed by atoms with Crippen molar-refractivity contribution in [3.05, 3.63) is 12.2 Å². The van der Waals surface area contributed by atoms with Crippen LogP contribution in [0.2, 0.25) is 0 Å². The molecule has 0 aliphatic heterocycles. The quantitative estimate of drug-likeness (QED) is 0.189. The average Bonchev–Trinajstić information content (AvgIpc) is 2.56. The number of esters is 1. The van der Waals surface area contributed by atoms with Gasteiger partial charge >= 0.3 is 5.97 Å². The van der Waals surface area contributed by atoms with Crippen LogP contribution in [0.4, 0.5) is 0 Å². The van der Waals surface area contributed by atoms with Crippen molar-refractivity contribution in [2.24, 2.45) is 5.73 Å². The van der Waals surface area contributed by atoms with Crippen molar-refractivity contribution in [1.82, 2.24) is 0 Å². The van der Waals surface area contributed by atoms with Gasteiger partial charge in [-0.2, -0.15) is 0 Å². The van der Waals surface area contributed by atoms with Crippen LogP contribution in [0, 0.1) is 0 Å². The second kappa shape index (κ2) is 16.6. The molecule has 0 saturated heterocycles. The molecule has 0 unspecified atom stereocenters. The first-order valence-electron chi connectivity index (χ1n) is 10.5. The fourth-order valence-electron chi connectivity index (χ4n) is 2.68. The van der Waals surface area contributed by atoms with Crippen LogP contribution >= 0.6 is 0 Å². The van der Waals surface area contributed by atoms with Crippen LogP contribution in [-0.4, -0.2) is 18.1 Å². The highest BCUT2D eigenvalue weighted by Gasteiger charge is 2.13. The lowest BCUT2D eigenvalue weighted by atomic mass is 10.1. The standard InChI is InChI=1S/C22H43NO2/c1-4-5-6-7-8-9-10-11-12-13-14-15-16-17-18-19-21(24)25-20-22(2,3)23/h11-12H,4-10,13-20,23H2,1-3H3/b12-11-. The SMILES string of the molecule is CCCCCCCC/C=C\CCCCCCCC(=O)OCC(C)(C)N. The van der Waals surface area contributed by atoms with E-state index in [-0.39, 0.29) is 5.97 Å². The van der Waals surface area contributed by atoms with Gasteiger partial charge in [-0.05, 0) is 46.0 Å². The van der Waals surface area contributed by atoms with Crippen molar-refractivity contribution in [1.29, 1.82) is 0 Å². The van der Waals surface area contributed by atoms with E-state index in [0.717, 1.165) is 12.8 Å². The lowest BCUT2D eigenvalue weighted by Gasteiger charge is -2.17. The zero-order valence-electron chi connectivity index (χ0n) is 17.2. The molecule has 148 valence electrons. The molecule has 3 heteroatoms. The van der Waals surface area contributed by atoms with Crippen molar-refractivity contribution in [2.45, 2.75) is 116 Å². The maximum absolute atomic E-state index is 11.5. The van der Waals surface area contributed by atoms with Crippen LogP contribution in [0.25, 0.3) is 0 Å². The topological polar surface area (TPSA) is 52.3 Å². The monoisotopic (exact) mass is 353 g/mol. The van der Waals surface area contributed by atoms with E-state index in [9.17, 15) is 4.79 Å². The van der Waals surface area contributed by atoms with Crippen molar-refractivity contribution in [3.8, 4) is 0 Å². The summed E-state index contributed by atoms with van der Waals surface area (Å²) in [6, 6.07) is 0. The third-order valence-corrected chi connectivity index (χ3v) is 4.25. The number of carbonyl (C=O) groups excluding carboxylic acids is 1. The zero-order valence-corrected chi connectivity index (χ0v) is 17.2. The Bertz CT molecular complexity index is 331. The summed E-state index contributed by atoms with van der Waals surface area (Å²) in [5, 5.41) is 0. The molecule has 0 saturated carbocycles. The van der Waals surface area contributed by atoms with E-state index in [1.807, 2.05) is 13.8 Å². The first kappa shape index (κ1) is 24.2. The minimum Gasteiger partial charge on any atom is -0.464 e. The van der Waals surface area contributed by atoms with Crippen LogP contribution in [0.15, 0.2) is 12.2 Å². The number of hydrogen-bond acceptors (Lipinski definition) is 3. The van der Waals surface area contributed by atoms with Crippen molar-refractivity contribution >= 4 is 5.97 Å². The summed E-state index contributed by atoms with van der Waals surface area (Å²) >= 11 is 0. The summed E-state index contributed by atoms with van der Waals surface area (Å²) in [5.74, 6) is -0.115. The minimum absolute atomic E-state index is 0.115. The second-order valence-corrected chi connectivity index (χ2v) is 7.98. The summed E-state index contributed by atoms with van der Waals surface area (Å²) in [6.45, 7) is 6.29. The summed E-state index contributed by atoms with van der Waals surface area (Å²) in [6.07, 6.45) is 21.7. The van der Waals surface area contributed by atoms with Gasteiger partial charge in [-0.1, -0.05) is 70.4 Å². The van der Waals surface area contributed by atoms with E-state index in [1.165, 1.54) is 70.6 Å². The summed E-state index contributed by atoms with van der Waals surface area (Å²) in [4.78, 5) is 11.5. The molecule has 0 rings (SSSR count). The van der Waals surface area contributed by atoms with Gasteiger partial charge < -0.3 is 10.5 Å². The molecule has 0 aliphatic carbocycles. The first-order chi connectivity index (χ1) is 12.0. The molecular weight excluding hydrogens is 310 g/mol. The van der Waals surface area contributed by atoms with Crippen molar-refractivity contribution in [2.75, 3.05) is 6.61 Å². The third-order valence-electron chi connectivity index (χ3n) is 4.25. The van der Waals surface area contributed by atoms with Crippen molar-refractivity contribution < 1.29 is 9.53 Å². The zero-order chi connectivity index (χ0) is 18.8. The van der Waals surface area contributed by atoms with Crippen LogP contribution in [-0.2, 0) is 9.53 Å². The third kappa shape index (κ3) is 21.1. The molecular formula is C22H43NO2. The molecule has 0 aromatic rings. The van der Waals surface area contributed by atoms with Gasteiger partial charge in [-0.15, -0.1) is 0 Å². The number of allylic oxidation sites excluding steroid dienone is 2. The highest BCUT2D eigenvalue weighted by molar-refractivity contribution is 5.69. The number of unbranched alkanes of at least 4 members (excludes halogenated alkanes) is 11. The molecule has 0 aromatic heterocycles. The predicted octanol–water partition coefficient (Wildman–Crippen LogP) is 6.30. The molecule has 25 heavy (non-hydrogen) atoms. The van der Waals surface area contributed by atoms with E-state index in [2.05, 4.69) is 19.1 Å².